The van der Waals surface area contributed by atoms with Crippen molar-refractivity contribution in [1.29, 1.82) is 0 Å². The lowest BCUT2D eigenvalue weighted by atomic mass is 10.3. The summed E-state index contributed by atoms with van der Waals surface area (Å²) in [4.78, 5) is 3.94. The van der Waals surface area contributed by atoms with Gasteiger partial charge < -0.3 is 4.42 Å². The Kier molecular flexibility index (Phi) is 2.95. The summed E-state index contributed by atoms with van der Waals surface area (Å²) in [7, 11) is -3.93. The number of aryl methyl sites for hydroxylation is 1. The fraction of sp³-hybridized carbons (Fsp3) is 0.444. The van der Waals surface area contributed by atoms with Crippen LogP contribution >= 0.6 is 0 Å². The zero-order chi connectivity index (χ0) is 13.5. The number of sulfonamides is 1. The third-order valence-electron chi connectivity index (χ3n) is 2.38. The van der Waals surface area contributed by atoms with Gasteiger partial charge in [-0.1, -0.05) is 0 Å². The molecule has 0 saturated carbocycles. The SMILES string of the molecule is Cc1ncoc1-c1nnc(S(N)(=O)=O)n1C(C)C. The molecular formula is C9H13N5O3S. The van der Waals surface area contributed by atoms with Gasteiger partial charge in [0.2, 0.25) is 5.82 Å². The van der Waals surface area contributed by atoms with E-state index in [2.05, 4.69) is 15.2 Å². The lowest BCUT2D eigenvalue weighted by molar-refractivity contribution is 0.510. The number of nitrogens with two attached hydrogens (primary N) is 1. The van der Waals surface area contributed by atoms with Crippen molar-refractivity contribution in [2.45, 2.75) is 32.0 Å². The molecule has 0 bridgehead atoms. The predicted octanol–water partition coefficient (Wildman–Crippen LogP) is 0.470. The summed E-state index contributed by atoms with van der Waals surface area (Å²) in [6.07, 6.45) is 1.26. The smallest absolute Gasteiger partial charge is 0.273 e. The third-order valence-corrected chi connectivity index (χ3v) is 3.17. The summed E-state index contributed by atoms with van der Waals surface area (Å²) >= 11 is 0. The van der Waals surface area contributed by atoms with E-state index in [4.69, 9.17) is 9.56 Å². The average Bonchev–Trinajstić information content (AvgIpc) is 2.80. The van der Waals surface area contributed by atoms with E-state index in [-0.39, 0.29) is 11.2 Å². The molecule has 2 rings (SSSR count). The van der Waals surface area contributed by atoms with Crippen molar-refractivity contribution in [1.82, 2.24) is 19.7 Å². The molecule has 98 valence electrons. The molecular weight excluding hydrogens is 258 g/mol. The first-order valence-electron chi connectivity index (χ1n) is 5.20. The largest absolute Gasteiger partial charge is 0.440 e. The van der Waals surface area contributed by atoms with Crippen LogP contribution in [0.25, 0.3) is 11.6 Å². The number of hydrogen-bond acceptors (Lipinski definition) is 6. The van der Waals surface area contributed by atoms with Gasteiger partial charge in [0.05, 0.1) is 5.69 Å². The first kappa shape index (κ1) is 12.7. The highest BCUT2D eigenvalue weighted by molar-refractivity contribution is 7.89. The highest BCUT2D eigenvalue weighted by Gasteiger charge is 2.26. The molecule has 2 heterocycles. The van der Waals surface area contributed by atoms with Gasteiger partial charge in [-0.15, -0.1) is 10.2 Å². The van der Waals surface area contributed by atoms with E-state index in [0.717, 1.165) is 0 Å². The van der Waals surface area contributed by atoms with Gasteiger partial charge in [0.1, 0.15) is 0 Å². The molecule has 9 heteroatoms. The summed E-state index contributed by atoms with van der Waals surface area (Å²) < 4.78 is 29.5. The van der Waals surface area contributed by atoms with Crippen molar-refractivity contribution < 1.29 is 12.8 Å². The summed E-state index contributed by atoms with van der Waals surface area (Å²) in [5, 5.41) is 12.3. The van der Waals surface area contributed by atoms with Crippen LogP contribution in [-0.4, -0.2) is 28.2 Å². The Balaban J connectivity index is 2.72. The molecule has 0 amide bonds. The highest BCUT2D eigenvalue weighted by Crippen LogP contribution is 2.25. The monoisotopic (exact) mass is 271 g/mol. The zero-order valence-corrected chi connectivity index (χ0v) is 11.0. The minimum Gasteiger partial charge on any atom is -0.440 e. The van der Waals surface area contributed by atoms with Crippen LogP contribution in [0.4, 0.5) is 0 Å². The van der Waals surface area contributed by atoms with Crippen LogP contribution in [-0.2, 0) is 10.0 Å². The normalized spacial score (nSPS) is 12.3. The third kappa shape index (κ3) is 2.02. The zero-order valence-electron chi connectivity index (χ0n) is 10.2. The first-order valence-corrected chi connectivity index (χ1v) is 6.75. The summed E-state index contributed by atoms with van der Waals surface area (Å²) in [5.41, 5.74) is 0.602. The van der Waals surface area contributed by atoms with Crippen LogP contribution in [0.2, 0.25) is 0 Å². The topological polar surface area (TPSA) is 117 Å². The Morgan fingerprint density at radius 3 is 2.50 bits per heavy atom. The molecule has 18 heavy (non-hydrogen) atoms. The van der Waals surface area contributed by atoms with Crippen LogP contribution in [0.3, 0.4) is 0 Å². The Hall–Kier alpha value is -1.74. The van der Waals surface area contributed by atoms with E-state index in [9.17, 15) is 8.42 Å². The second-order valence-corrected chi connectivity index (χ2v) is 5.54. The van der Waals surface area contributed by atoms with E-state index in [1.54, 1.807) is 20.8 Å². The molecule has 0 aliphatic carbocycles. The van der Waals surface area contributed by atoms with Crippen LogP contribution < -0.4 is 5.14 Å². The van der Waals surface area contributed by atoms with E-state index in [0.29, 0.717) is 17.3 Å². The standard InChI is InChI=1S/C9H13N5O3S/c1-5(2)14-8(7-6(3)11-4-17-7)12-13-9(14)18(10,15)16/h4-5H,1-3H3,(H2,10,15,16). The Morgan fingerprint density at radius 2 is 2.06 bits per heavy atom. The number of hydrogen-bond donors (Lipinski definition) is 1. The molecule has 0 fully saturated rings. The van der Waals surface area contributed by atoms with E-state index in [1.165, 1.54) is 11.0 Å². The van der Waals surface area contributed by atoms with E-state index >= 15 is 0 Å². The quantitative estimate of drug-likeness (QED) is 0.867. The molecule has 0 atom stereocenters. The van der Waals surface area contributed by atoms with Crippen LogP contribution in [0.1, 0.15) is 25.6 Å². The molecule has 2 aromatic rings. The maximum atomic E-state index is 11.4. The molecule has 0 radical (unpaired) electrons. The molecule has 0 saturated heterocycles. The van der Waals surface area contributed by atoms with E-state index in [1.807, 2.05) is 0 Å². The van der Waals surface area contributed by atoms with Crippen molar-refractivity contribution >= 4 is 10.0 Å². The maximum Gasteiger partial charge on any atom is 0.273 e. The Morgan fingerprint density at radius 1 is 1.39 bits per heavy atom. The molecule has 2 N–H and O–H groups in total. The second kappa shape index (κ2) is 4.18. The number of rotatable bonds is 3. The van der Waals surface area contributed by atoms with Crippen molar-refractivity contribution in [3.63, 3.8) is 0 Å². The predicted molar refractivity (Wildman–Crippen MR) is 62.0 cm³/mol. The van der Waals surface area contributed by atoms with Crippen molar-refractivity contribution in [3.8, 4) is 11.6 Å². The van der Waals surface area contributed by atoms with Gasteiger partial charge >= 0.3 is 0 Å². The van der Waals surface area contributed by atoms with Gasteiger partial charge in [0.25, 0.3) is 15.2 Å². The van der Waals surface area contributed by atoms with Crippen LogP contribution in [0, 0.1) is 6.92 Å². The molecule has 0 unspecified atom stereocenters. The van der Waals surface area contributed by atoms with Gasteiger partial charge in [-0.3, -0.25) is 4.57 Å². The van der Waals surface area contributed by atoms with Gasteiger partial charge in [0, 0.05) is 6.04 Å². The first-order chi connectivity index (χ1) is 8.32. The molecule has 0 aliphatic heterocycles. The van der Waals surface area contributed by atoms with Crippen molar-refractivity contribution in [3.05, 3.63) is 12.1 Å². The van der Waals surface area contributed by atoms with E-state index < -0.39 is 10.0 Å². The Bertz CT molecular complexity index is 670. The van der Waals surface area contributed by atoms with Gasteiger partial charge in [-0.2, -0.15) is 0 Å². The average molecular weight is 271 g/mol. The second-order valence-electron chi connectivity index (χ2n) is 4.08. The number of primary sulfonamides is 1. The molecule has 0 spiro atoms. The number of oxazole rings is 1. The number of nitrogens with zero attached hydrogens (tertiary/aromatic N) is 4. The summed E-state index contributed by atoms with van der Waals surface area (Å²) in [5.74, 6) is 0.676. The summed E-state index contributed by atoms with van der Waals surface area (Å²) in [6.45, 7) is 5.33. The minimum absolute atomic E-state index is 0.187. The molecule has 0 aromatic carbocycles. The maximum absolute atomic E-state index is 11.4. The molecule has 2 aromatic heterocycles. The van der Waals surface area contributed by atoms with Gasteiger partial charge in [-0.05, 0) is 20.8 Å². The van der Waals surface area contributed by atoms with Crippen molar-refractivity contribution in [2.24, 2.45) is 5.14 Å². The number of aromatic nitrogens is 4. The van der Waals surface area contributed by atoms with Crippen LogP contribution in [0.15, 0.2) is 16.0 Å². The highest BCUT2D eigenvalue weighted by atomic mass is 32.2. The fourth-order valence-corrected chi connectivity index (χ4v) is 2.33. The fourth-order valence-electron chi connectivity index (χ4n) is 1.61. The minimum atomic E-state index is -3.93. The van der Waals surface area contributed by atoms with Gasteiger partial charge in [-0.25, -0.2) is 18.5 Å². The molecule has 8 nitrogen and oxygen atoms in total. The Labute approximate surface area is 104 Å². The van der Waals surface area contributed by atoms with Gasteiger partial charge in [0.15, 0.2) is 12.2 Å². The molecule has 0 aliphatic rings. The van der Waals surface area contributed by atoms with Crippen molar-refractivity contribution in [2.75, 3.05) is 0 Å². The lowest BCUT2D eigenvalue weighted by Gasteiger charge is -2.11. The van der Waals surface area contributed by atoms with Crippen LogP contribution in [0.5, 0.6) is 0 Å². The summed E-state index contributed by atoms with van der Waals surface area (Å²) in [6, 6.07) is -0.187. The lowest BCUT2D eigenvalue weighted by Crippen LogP contribution is -2.20.